The maximum atomic E-state index is 11.7. The Balaban J connectivity index is 1.71. The quantitative estimate of drug-likeness (QED) is 0.730. The lowest BCUT2D eigenvalue weighted by molar-refractivity contribution is 0.337. The van der Waals surface area contributed by atoms with E-state index in [1.165, 1.54) is 0 Å². The Morgan fingerprint density at radius 2 is 2.12 bits per heavy atom. The van der Waals surface area contributed by atoms with Crippen LogP contribution in [-0.2, 0) is 22.6 Å². The average Bonchev–Trinajstić information content (AvgIpc) is 3.09. The lowest BCUT2D eigenvalue weighted by atomic mass is 10.1. The zero-order valence-corrected chi connectivity index (χ0v) is 15.4. The number of hydrogen-bond donors (Lipinski definition) is 0. The zero-order valence-electron chi connectivity index (χ0n) is 13.8. The predicted octanol–water partition coefficient (Wildman–Crippen LogP) is 2.41. The third-order valence-electron chi connectivity index (χ3n) is 4.10. The molecule has 0 saturated carbocycles. The maximum Gasteiger partial charge on any atom is 0.191 e. The maximum absolute atomic E-state index is 11.7. The van der Waals surface area contributed by atoms with Gasteiger partial charge in [-0.05, 0) is 19.4 Å². The molecule has 1 aliphatic rings. The summed E-state index contributed by atoms with van der Waals surface area (Å²) in [4.78, 5) is 0. The summed E-state index contributed by atoms with van der Waals surface area (Å²) in [5.41, 5.74) is 1.11. The molecule has 130 valence electrons. The summed E-state index contributed by atoms with van der Waals surface area (Å²) in [6.07, 6.45) is 0.631. The van der Waals surface area contributed by atoms with E-state index in [4.69, 9.17) is 4.74 Å². The second-order valence-corrected chi connectivity index (χ2v) is 9.00. The molecule has 8 heteroatoms. The molecule has 3 rings (SSSR count). The van der Waals surface area contributed by atoms with E-state index in [1.807, 2.05) is 42.8 Å². The van der Waals surface area contributed by atoms with Crippen molar-refractivity contribution in [1.82, 2.24) is 14.8 Å². The van der Waals surface area contributed by atoms with Crippen molar-refractivity contribution in [1.29, 1.82) is 0 Å². The fourth-order valence-electron chi connectivity index (χ4n) is 2.87. The third-order valence-corrected chi connectivity index (χ3v) is 6.93. The summed E-state index contributed by atoms with van der Waals surface area (Å²) in [6.45, 7) is 2.60. The Morgan fingerprint density at radius 1 is 1.33 bits per heavy atom. The molecule has 0 N–H and O–H groups in total. The van der Waals surface area contributed by atoms with Crippen LogP contribution < -0.4 is 4.74 Å². The second kappa shape index (κ2) is 7.14. The molecular weight excluding hydrogens is 346 g/mol. The molecule has 2 aromatic rings. The molecule has 0 amide bonds. The van der Waals surface area contributed by atoms with Crippen LogP contribution in [0.3, 0.4) is 0 Å². The second-order valence-electron chi connectivity index (χ2n) is 5.83. The number of para-hydroxylation sites is 1. The van der Waals surface area contributed by atoms with Gasteiger partial charge in [-0.15, -0.1) is 10.2 Å². The molecule has 1 atom stereocenters. The first-order valence-electron chi connectivity index (χ1n) is 7.93. The highest BCUT2D eigenvalue weighted by atomic mass is 32.2. The van der Waals surface area contributed by atoms with Crippen molar-refractivity contribution in [2.24, 2.45) is 7.05 Å². The van der Waals surface area contributed by atoms with Crippen molar-refractivity contribution in [3.63, 3.8) is 0 Å². The largest absolute Gasteiger partial charge is 0.494 e. The molecule has 0 spiro atoms. The van der Waals surface area contributed by atoms with Crippen LogP contribution in [0.1, 0.15) is 30.7 Å². The third kappa shape index (κ3) is 3.75. The van der Waals surface area contributed by atoms with Crippen LogP contribution in [0.25, 0.3) is 0 Å². The van der Waals surface area contributed by atoms with E-state index in [-0.39, 0.29) is 17.4 Å². The summed E-state index contributed by atoms with van der Waals surface area (Å²) in [7, 11) is -1.02. The van der Waals surface area contributed by atoms with Gasteiger partial charge in [0, 0.05) is 24.3 Å². The number of nitrogens with zero attached hydrogens (tertiary/aromatic N) is 3. The van der Waals surface area contributed by atoms with Crippen LogP contribution in [0, 0.1) is 0 Å². The van der Waals surface area contributed by atoms with Crippen molar-refractivity contribution in [3.05, 3.63) is 35.7 Å². The van der Waals surface area contributed by atoms with Crippen LogP contribution in [0.15, 0.2) is 29.4 Å². The molecule has 0 aliphatic carbocycles. The number of aromatic nitrogens is 3. The van der Waals surface area contributed by atoms with E-state index in [2.05, 4.69) is 10.2 Å². The molecule has 1 unspecified atom stereocenters. The van der Waals surface area contributed by atoms with Gasteiger partial charge in [0.25, 0.3) is 0 Å². The molecule has 1 aromatic heterocycles. The van der Waals surface area contributed by atoms with Crippen LogP contribution in [0.5, 0.6) is 5.75 Å². The monoisotopic (exact) mass is 367 g/mol. The molecule has 1 aliphatic heterocycles. The van der Waals surface area contributed by atoms with Gasteiger partial charge in [-0.3, -0.25) is 0 Å². The standard InChI is InChI=1S/C16H21N3O3S2/c1-3-22-14-7-5-4-6-12(14)10-23-16-18-17-15(19(16)2)13-8-9-24(20,21)11-13/h4-7,13H,3,8-11H2,1-2H3. The van der Waals surface area contributed by atoms with Gasteiger partial charge in [0.15, 0.2) is 15.0 Å². The Labute approximate surface area is 146 Å². The van der Waals surface area contributed by atoms with E-state index in [0.29, 0.717) is 13.0 Å². The normalized spacial score (nSPS) is 19.5. The lowest BCUT2D eigenvalue weighted by Gasteiger charge is -2.10. The van der Waals surface area contributed by atoms with Crippen molar-refractivity contribution in [2.45, 2.75) is 30.2 Å². The van der Waals surface area contributed by atoms with Gasteiger partial charge >= 0.3 is 0 Å². The first kappa shape index (κ1) is 17.3. The molecule has 6 nitrogen and oxygen atoms in total. The molecule has 0 bridgehead atoms. The van der Waals surface area contributed by atoms with Gasteiger partial charge in [0.2, 0.25) is 0 Å². The summed E-state index contributed by atoms with van der Waals surface area (Å²) >= 11 is 1.58. The Hall–Kier alpha value is -1.54. The molecule has 24 heavy (non-hydrogen) atoms. The zero-order chi connectivity index (χ0) is 17.2. The van der Waals surface area contributed by atoms with Crippen LogP contribution in [-0.4, -0.2) is 41.3 Å². The number of benzene rings is 1. The Kier molecular flexibility index (Phi) is 5.15. The predicted molar refractivity (Wildman–Crippen MR) is 94.2 cm³/mol. The highest BCUT2D eigenvalue weighted by Gasteiger charge is 2.32. The molecule has 1 saturated heterocycles. The molecular formula is C16H21N3O3S2. The van der Waals surface area contributed by atoms with Gasteiger partial charge in [-0.1, -0.05) is 30.0 Å². The summed E-state index contributed by atoms with van der Waals surface area (Å²) in [5.74, 6) is 2.75. The van der Waals surface area contributed by atoms with Gasteiger partial charge in [-0.2, -0.15) is 0 Å². The van der Waals surface area contributed by atoms with Gasteiger partial charge in [0.05, 0.1) is 18.1 Å². The highest BCUT2D eigenvalue weighted by molar-refractivity contribution is 7.98. The topological polar surface area (TPSA) is 74.1 Å². The molecule has 0 radical (unpaired) electrons. The first-order valence-corrected chi connectivity index (χ1v) is 10.7. The number of ether oxygens (including phenoxy) is 1. The smallest absolute Gasteiger partial charge is 0.191 e. The minimum absolute atomic E-state index is 0.0439. The van der Waals surface area contributed by atoms with Gasteiger partial charge in [-0.25, -0.2) is 8.42 Å². The van der Waals surface area contributed by atoms with Crippen LogP contribution in [0.2, 0.25) is 0 Å². The molecule has 2 heterocycles. The number of hydrogen-bond acceptors (Lipinski definition) is 6. The van der Waals surface area contributed by atoms with Crippen molar-refractivity contribution < 1.29 is 13.2 Å². The van der Waals surface area contributed by atoms with E-state index < -0.39 is 9.84 Å². The van der Waals surface area contributed by atoms with Crippen LogP contribution >= 0.6 is 11.8 Å². The fraction of sp³-hybridized carbons (Fsp3) is 0.500. The number of rotatable bonds is 6. The average molecular weight is 367 g/mol. The summed E-state index contributed by atoms with van der Waals surface area (Å²) in [6, 6.07) is 7.95. The van der Waals surface area contributed by atoms with E-state index in [0.717, 1.165) is 28.0 Å². The van der Waals surface area contributed by atoms with E-state index >= 15 is 0 Å². The van der Waals surface area contributed by atoms with Crippen molar-refractivity contribution in [3.8, 4) is 5.75 Å². The van der Waals surface area contributed by atoms with E-state index in [1.54, 1.807) is 11.8 Å². The Bertz CT molecular complexity index is 818. The Morgan fingerprint density at radius 3 is 2.83 bits per heavy atom. The van der Waals surface area contributed by atoms with Crippen molar-refractivity contribution in [2.75, 3.05) is 18.1 Å². The SMILES string of the molecule is CCOc1ccccc1CSc1nnc(C2CCS(=O)(=O)C2)n1C. The fourth-order valence-corrected chi connectivity index (χ4v) is 5.52. The minimum Gasteiger partial charge on any atom is -0.494 e. The van der Waals surface area contributed by atoms with Gasteiger partial charge < -0.3 is 9.30 Å². The van der Waals surface area contributed by atoms with Crippen molar-refractivity contribution >= 4 is 21.6 Å². The lowest BCUT2D eigenvalue weighted by Crippen LogP contribution is -2.09. The van der Waals surface area contributed by atoms with Crippen LogP contribution in [0.4, 0.5) is 0 Å². The molecule has 1 aromatic carbocycles. The van der Waals surface area contributed by atoms with Gasteiger partial charge in [0.1, 0.15) is 11.6 Å². The van der Waals surface area contributed by atoms with E-state index in [9.17, 15) is 8.42 Å². The number of sulfone groups is 1. The summed E-state index contributed by atoms with van der Waals surface area (Å²) < 4.78 is 30.9. The first-order chi connectivity index (χ1) is 11.5. The minimum atomic E-state index is -2.92. The summed E-state index contributed by atoms with van der Waals surface area (Å²) in [5, 5.41) is 9.26. The highest BCUT2D eigenvalue weighted by Crippen LogP contribution is 2.31. The molecule has 1 fully saturated rings. The number of thioether (sulfide) groups is 1.